The highest BCUT2D eigenvalue weighted by Gasteiger charge is 2.10. The van der Waals surface area contributed by atoms with E-state index in [1.807, 2.05) is 0 Å². The lowest BCUT2D eigenvalue weighted by molar-refractivity contribution is 0.233. The van der Waals surface area contributed by atoms with Crippen molar-refractivity contribution in [2.24, 2.45) is 0 Å². The van der Waals surface area contributed by atoms with Gasteiger partial charge in [-0.15, -0.1) is 24.8 Å². The van der Waals surface area contributed by atoms with Crippen molar-refractivity contribution in [2.75, 3.05) is 52.4 Å². The number of piperazine rings is 2. The van der Waals surface area contributed by atoms with Gasteiger partial charge in [0.05, 0.1) is 0 Å². The maximum absolute atomic E-state index is 3.37. The predicted octanol–water partition coefficient (Wildman–Crippen LogP) is 3.64. The number of hydrogen-bond donors (Lipinski definition) is 2. The summed E-state index contributed by atoms with van der Waals surface area (Å²) < 4.78 is 0. The van der Waals surface area contributed by atoms with Crippen LogP contribution >= 0.6 is 24.8 Å². The molecule has 2 aromatic carbocycles. The van der Waals surface area contributed by atoms with Gasteiger partial charge >= 0.3 is 0 Å². The van der Waals surface area contributed by atoms with E-state index in [0.29, 0.717) is 0 Å². The Morgan fingerprint density at radius 3 is 1.70 bits per heavy atom. The second-order valence-electron chi connectivity index (χ2n) is 7.96. The smallest absolute Gasteiger partial charge is 0.0237 e. The summed E-state index contributed by atoms with van der Waals surface area (Å²) in [5.74, 6) is 0. The largest absolute Gasteiger partial charge is 0.314 e. The van der Waals surface area contributed by atoms with E-state index in [2.05, 4.69) is 82.8 Å². The van der Waals surface area contributed by atoms with Gasteiger partial charge < -0.3 is 10.6 Å². The Morgan fingerprint density at radius 2 is 1.17 bits per heavy atom. The van der Waals surface area contributed by atoms with Crippen molar-refractivity contribution in [3.05, 3.63) is 70.8 Å². The van der Waals surface area contributed by atoms with E-state index >= 15 is 0 Å². The van der Waals surface area contributed by atoms with Crippen molar-refractivity contribution in [2.45, 2.75) is 26.9 Å². The van der Waals surface area contributed by atoms with Crippen molar-refractivity contribution in [3.8, 4) is 0 Å². The first-order valence-electron chi connectivity index (χ1n) is 10.7. The summed E-state index contributed by atoms with van der Waals surface area (Å²) in [6, 6.07) is 17.5. The minimum absolute atomic E-state index is 0. The molecule has 0 saturated carbocycles. The molecule has 0 aromatic heterocycles. The van der Waals surface area contributed by atoms with Gasteiger partial charge in [-0.2, -0.15) is 0 Å². The third-order valence-corrected chi connectivity index (χ3v) is 5.60. The molecule has 2 fully saturated rings. The molecule has 0 aliphatic carbocycles. The molecule has 2 saturated heterocycles. The summed E-state index contributed by atoms with van der Waals surface area (Å²) >= 11 is 0. The Balaban J connectivity index is 0.000000281. The second kappa shape index (κ2) is 14.8. The zero-order chi connectivity index (χ0) is 19.6. The van der Waals surface area contributed by atoms with E-state index in [0.717, 1.165) is 39.3 Å². The highest BCUT2D eigenvalue weighted by Crippen LogP contribution is 2.10. The molecule has 0 amide bonds. The molecule has 0 bridgehead atoms. The number of benzene rings is 2. The number of nitrogens with one attached hydrogen (secondary N) is 2. The van der Waals surface area contributed by atoms with Crippen LogP contribution in [-0.2, 0) is 13.1 Å². The number of hydrogen-bond acceptors (Lipinski definition) is 4. The third kappa shape index (κ3) is 9.34. The van der Waals surface area contributed by atoms with Crippen LogP contribution in [0, 0.1) is 13.8 Å². The molecule has 0 atom stereocenters. The molecule has 2 N–H and O–H groups in total. The summed E-state index contributed by atoms with van der Waals surface area (Å²) in [5.41, 5.74) is 5.65. The highest BCUT2D eigenvalue weighted by atomic mass is 35.5. The number of nitrogens with zero attached hydrogens (tertiary/aromatic N) is 2. The maximum atomic E-state index is 3.37. The molecule has 2 aliphatic rings. The average Bonchev–Trinajstić information content (AvgIpc) is 2.74. The van der Waals surface area contributed by atoms with Gasteiger partial charge in [-0.1, -0.05) is 54.1 Å². The van der Waals surface area contributed by atoms with Gasteiger partial charge in [-0.25, -0.2) is 0 Å². The molecule has 0 radical (unpaired) electrons. The van der Waals surface area contributed by atoms with Gasteiger partial charge in [0, 0.05) is 65.4 Å². The first-order chi connectivity index (χ1) is 13.7. The van der Waals surface area contributed by atoms with Crippen LogP contribution in [0.3, 0.4) is 0 Å². The summed E-state index contributed by atoms with van der Waals surface area (Å²) in [6.45, 7) is 15.8. The normalized spacial score (nSPS) is 17.1. The molecule has 4 rings (SSSR count). The molecular weight excluding hydrogens is 415 g/mol. The fraction of sp³-hybridized carbons (Fsp3) is 0.500. The topological polar surface area (TPSA) is 30.5 Å². The molecule has 0 spiro atoms. The SMILES string of the molecule is Cc1ccc(CN2CCNCC2)cc1.Cc1ccccc1CN1CCNCC1.Cl.Cl. The Labute approximate surface area is 195 Å². The van der Waals surface area contributed by atoms with Crippen LogP contribution in [0.1, 0.15) is 22.3 Å². The number of halogens is 2. The van der Waals surface area contributed by atoms with E-state index in [1.54, 1.807) is 0 Å². The van der Waals surface area contributed by atoms with Gasteiger partial charge in [0.2, 0.25) is 0 Å². The lowest BCUT2D eigenvalue weighted by atomic mass is 10.1. The third-order valence-electron chi connectivity index (χ3n) is 5.60. The Hall–Kier alpha value is -1.14. The molecule has 0 unspecified atom stereocenters. The summed E-state index contributed by atoms with van der Waals surface area (Å²) in [6.07, 6.45) is 0. The summed E-state index contributed by atoms with van der Waals surface area (Å²) in [7, 11) is 0. The second-order valence-corrected chi connectivity index (χ2v) is 7.96. The van der Waals surface area contributed by atoms with Gasteiger partial charge in [0.25, 0.3) is 0 Å². The predicted molar refractivity (Wildman–Crippen MR) is 133 cm³/mol. The van der Waals surface area contributed by atoms with Crippen LogP contribution in [-0.4, -0.2) is 62.2 Å². The van der Waals surface area contributed by atoms with Crippen molar-refractivity contribution in [1.29, 1.82) is 0 Å². The molecule has 2 aromatic rings. The van der Waals surface area contributed by atoms with Gasteiger partial charge in [-0.05, 0) is 30.5 Å². The maximum Gasteiger partial charge on any atom is 0.0237 e. The Morgan fingerprint density at radius 1 is 0.667 bits per heavy atom. The number of rotatable bonds is 4. The zero-order valence-corrected chi connectivity index (χ0v) is 20.0. The fourth-order valence-corrected chi connectivity index (χ4v) is 3.72. The molecule has 2 heterocycles. The summed E-state index contributed by atoms with van der Waals surface area (Å²) in [5, 5.41) is 6.74. The van der Waals surface area contributed by atoms with E-state index < -0.39 is 0 Å². The van der Waals surface area contributed by atoms with Gasteiger partial charge in [-0.3, -0.25) is 9.80 Å². The molecule has 2 aliphatic heterocycles. The van der Waals surface area contributed by atoms with E-state index in [-0.39, 0.29) is 24.8 Å². The van der Waals surface area contributed by atoms with E-state index in [1.165, 1.54) is 48.4 Å². The van der Waals surface area contributed by atoms with E-state index in [4.69, 9.17) is 0 Å². The minimum Gasteiger partial charge on any atom is -0.314 e. The monoisotopic (exact) mass is 452 g/mol. The quantitative estimate of drug-likeness (QED) is 0.740. The zero-order valence-electron chi connectivity index (χ0n) is 18.4. The molecule has 4 nitrogen and oxygen atoms in total. The van der Waals surface area contributed by atoms with Crippen molar-refractivity contribution in [1.82, 2.24) is 20.4 Å². The summed E-state index contributed by atoms with van der Waals surface area (Å²) in [4.78, 5) is 5.01. The molecule has 30 heavy (non-hydrogen) atoms. The van der Waals surface area contributed by atoms with Crippen LogP contribution in [0.15, 0.2) is 48.5 Å². The molecular formula is C24H38Cl2N4. The highest BCUT2D eigenvalue weighted by molar-refractivity contribution is 5.85. The van der Waals surface area contributed by atoms with Crippen LogP contribution in [0.25, 0.3) is 0 Å². The standard InChI is InChI=1S/2C12H18N2.2ClH/c1-11-2-4-12(5-3-11)10-14-8-6-13-7-9-14;1-11-4-2-3-5-12(11)10-14-8-6-13-7-9-14;;/h2*2-5,13H,6-10H2,1H3;2*1H. The minimum atomic E-state index is 0. The molecule has 6 heteroatoms. The van der Waals surface area contributed by atoms with Crippen molar-refractivity contribution >= 4 is 24.8 Å². The Bertz CT molecular complexity index is 697. The molecule has 168 valence electrons. The number of aryl methyl sites for hydroxylation is 2. The van der Waals surface area contributed by atoms with Crippen LogP contribution in [0.2, 0.25) is 0 Å². The average molecular weight is 454 g/mol. The fourth-order valence-electron chi connectivity index (χ4n) is 3.72. The first-order valence-corrected chi connectivity index (χ1v) is 10.7. The van der Waals surface area contributed by atoms with E-state index in [9.17, 15) is 0 Å². The van der Waals surface area contributed by atoms with Crippen molar-refractivity contribution < 1.29 is 0 Å². The van der Waals surface area contributed by atoms with Gasteiger partial charge in [0.1, 0.15) is 0 Å². The lowest BCUT2D eigenvalue weighted by Crippen LogP contribution is -2.42. The van der Waals surface area contributed by atoms with Crippen LogP contribution in [0.5, 0.6) is 0 Å². The van der Waals surface area contributed by atoms with Crippen LogP contribution < -0.4 is 10.6 Å². The van der Waals surface area contributed by atoms with Crippen LogP contribution in [0.4, 0.5) is 0 Å². The van der Waals surface area contributed by atoms with Gasteiger partial charge in [0.15, 0.2) is 0 Å². The Kier molecular flexibility index (Phi) is 13.3. The van der Waals surface area contributed by atoms with Crippen molar-refractivity contribution in [3.63, 3.8) is 0 Å². The first kappa shape index (κ1) is 26.9. The lowest BCUT2D eigenvalue weighted by Gasteiger charge is -2.27.